The average molecular weight is 160 g/mol. The van der Waals surface area contributed by atoms with Gasteiger partial charge in [0.15, 0.2) is 0 Å². The largest absolute Gasteiger partial charge is 0.367 e. The van der Waals surface area contributed by atoms with Crippen LogP contribution in [-0.2, 0) is 0 Å². The van der Waals surface area contributed by atoms with Crippen molar-refractivity contribution in [1.29, 1.82) is 0 Å². The van der Waals surface area contributed by atoms with Crippen LogP contribution in [0.15, 0.2) is 18.3 Å². The molecule has 0 aliphatic rings. The molecule has 62 valence electrons. The fraction of sp³-hybridized carbons (Fsp3) is 0.300. The summed E-state index contributed by atoms with van der Waals surface area (Å²) in [4.78, 5) is 4.14. The lowest BCUT2D eigenvalue weighted by Crippen LogP contribution is -2.11. The van der Waals surface area contributed by atoms with Crippen molar-refractivity contribution in [2.75, 3.05) is 5.32 Å². The highest BCUT2D eigenvalue weighted by atomic mass is 15.0. The molecule has 0 radical (unpaired) electrons. The summed E-state index contributed by atoms with van der Waals surface area (Å²) >= 11 is 0. The minimum atomic E-state index is 0.354. The van der Waals surface area contributed by atoms with Gasteiger partial charge in [0.1, 0.15) is 5.82 Å². The molecule has 1 aromatic rings. The SMILES string of the molecule is C#Cc1cccnc1NC(C)C. The van der Waals surface area contributed by atoms with Crippen molar-refractivity contribution in [3.8, 4) is 12.3 Å². The summed E-state index contributed by atoms with van der Waals surface area (Å²) in [6.07, 6.45) is 7.02. The summed E-state index contributed by atoms with van der Waals surface area (Å²) in [6.45, 7) is 4.10. The van der Waals surface area contributed by atoms with Gasteiger partial charge in [-0.05, 0) is 26.0 Å². The lowest BCUT2D eigenvalue weighted by molar-refractivity contribution is 0.888. The number of aromatic nitrogens is 1. The molecule has 0 aromatic carbocycles. The second-order valence-electron chi connectivity index (χ2n) is 2.84. The number of nitrogens with zero attached hydrogens (tertiary/aromatic N) is 1. The first-order valence-corrected chi connectivity index (χ1v) is 3.92. The zero-order chi connectivity index (χ0) is 8.97. The van der Waals surface area contributed by atoms with Gasteiger partial charge in [0.05, 0.1) is 5.56 Å². The van der Waals surface area contributed by atoms with E-state index >= 15 is 0 Å². The molecule has 0 aliphatic carbocycles. The topological polar surface area (TPSA) is 24.9 Å². The second kappa shape index (κ2) is 3.77. The van der Waals surface area contributed by atoms with Crippen molar-refractivity contribution >= 4 is 5.82 Å². The van der Waals surface area contributed by atoms with Crippen LogP contribution in [0.3, 0.4) is 0 Å². The molecule has 0 unspecified atom stereocenters. The van der Waals surface area contributed by atoms with Crippen LogP contribution >= 0.6 is 0 Å². The van der Waals surface area contributed by atoms with E-state index in [1.54, 1.807) is 6.20 Å². The lowest BCUT2D eigenvalue weighted by atomic mass is 10.2. The van der Waals surface area contributed by atoms with E-state index in [9.17, 15) is 0 Å². The third kappa shape index (κ3) is 2.00. The summed E-state index contributed by atoms with van der Waals surface area (Å²) in [7, 11) is 0. The minimum absolute atomic E-state index is 0.354. The summed E-state index contributed by atoms with van der Waals surface area (Å²) in [5.74, 6) is 3.36. The maximum Gasteiger partial charge on any atom is 0.141 e. The van der Waals surface area contributed by atoms with E-state index in [1.807, 2.05) is 12.1 Å². The smallest absolute Gasteiger partial charge is 0.141 e. The molecule has 0 saturated heterocycles. The molecule has 1 heterocycles. The number of terminal acetylenes is 1. The van der Waals surface area contributed by atoms with Gasteiger partial charge in [-0.3, -0.25) is 0 Å². The molecule has 1 N–H and O–H groups in total. The van der Waals surface area contributed by atoms with Crippen molar-refractivity contribution in [2.24, 2.45) is 0 Å². The highest BCUT2D eigenvalue weighted by Gasteiger charge is 2.00. The second-order valence-corrected chi connectivity index (χ2v) is 2.84. The highest BCUT2D eigenvalue weighted by molar-refractivity contribution is 5.52. The summed E-state index contributed by atoms with van der Waals surface area (Å²) < 4.78 is 0. The summed E-state index contributed by atoms with van der Waals surface area (Å²) in [5, 5.41) is 3.17. The number of hydrogen-bond donors (Lipinski definition) is 1. The quantitative estimate of drug-likeness (QED) is 0.668. The molecule has 2 nitrogen and oxygen atoms in total. The Balaban J connectivity index is 2.91. The van der Waals surface area contributed by atoms with Crippen LogP contribution in [0.5, 0.6) is 0 Å². The number of anilines is 1. The average Bonchev–Trinajstić information content (AvgIpc) is 2.04. The van der Waals surface area contributed by atoms with Crippen molar-refractivity contribution in [2.45, 2.75) is 19.9 Å². The van der Waals surface area contributed by atoms with E-state index in [0.29, 0.717) is 6.04 Å². The van der Waals surface area contributed by atoms with E-state index in [4.69, 9.17) is 6.42 Å². The van der Waals surface area contributed by atoms with Crippen LogP contribution in [0.25, 0.3) is 0 Å². The van der Waals surface area contributed by atoms with Crippen molar-refractivity contribution < 1.29 is 0 Å². The van der Waals surface area contributed by atoms with Gasteiger partial charge in [-0.15, -0.1) is 6.42 Å². The lowest BCUT2D eigenvalue weighted by Gasteiger charge is -2.09. The van der Waals surface area contributed by atoms with Crippen LogP contribution in [0.1, 0.15) is 19.4 Å². The third-order valence-corrected chi connectivity index (χ3v) is 1.39. The van der Waals surface area contributed by atoms with E-state index in [0.717, 1.165) is 11.4 Å². The number of pyridine rings is 1. The standard InChI is InChI=1S/C10H12N2/c1-4-9-6-5-7-11-10(9)12-8(2)3/h1,5-8H,2-3H3,(H,11,12). The Morgan fingerprint density at radius 1 is 1.58 bits per heavy atom. The van der Waals surface area contributed by atoms with E-state index in [-0.39, 0.29) is 0 Å². The van der Waals surface area contributed by atoms with Crippen molar-refractivity contribution in [1.82, 2.24) is 4.98 Å². The van der Waals surface area contributed by atoms with Crippen LogP contribution < -0.4 is 5.32 Å². The Kier molecular flexibility index (Phi) is 2.71. The summed E-state index contributed by atoms with van der Waals surface area (Å²) in [6, 6.07) is 4.06. The molecule has 0 saturated carbocycles. The molecule has 1 rings (SSSR count). The van der Waals surface area contributed by atoms with Gasteiger partial charge in [0.25, 0.3) is 0 Å². The molecular formula is C10H12N2. The van der Waals surface area contributed by atoms with E-state index in [2.05, 4.69) is 30.1 Å². The fourth-order valence-corrected chi connectivity index (χ4v) is 0.910. The highest BCUT2D eigenvalue weighted by Crippen LogP contribution is 2.10. The number of rotatable bonds is 2. The van der Waals surface area contributed by atoms with Gasteiger partial charge in [0.2, 0.25) is 0 Å². The van der Waals surface area contributed by atoms with Gasteiger partial charge in [-0.25, -0.2) is 4.98 Å². The first-order chi connectivity index (χ1) is 5.74. The fourth-order valence-electron chi connectivity index (χ4n) is 0.910. The minimum Gasteiger partial charge on any atom is -0.367 e. The van der Waals surface area contributed by atoms with Crippen LogP contribution in [-0.4, -0.2) is 11.0 Å². The number of nitrogens with one attached hydrogen (secondary N) is 1. The third-order valence-electron chi connectivity index (χ3n) is 1.39. The Labute approximate surface area is 73.0 Å². The molecule has 0 fully saturated rings. The predicted molar refractivity (Wildman–Crippen MR) is 50.9 cm³/mol. The maximum atomic E-state index is 5.30. The molecule has 0 atom stereocenters. The molecule has 12 heavy (non-hydrogen) atoms. The number of hydrogen-bond acceptors (Lipinski definition) is 2. The summed E-state index contributed by atoms with van der Waals surface area (Å²) in [5.41, 5.74) is 0.811. The molecule has 2 heteroatoms. The van der Waals surface area contributed by atoms with Crippen molar-refractivity contribution in [3.05, 3.63) is 23.9 Å². The molecule has 0 aliphatic heterocycles. The van der Waals surface area contributed by atoms with Gasteiger partial charge >= 0.3 is 0 Å². The van der Waals surface area contributed by atoms with Gasteiger partial charge in [-0.2, -0.15) is 0 Å². The van der Waals surface area contributed by atoms with Gasteiger partial charge in [0, 0.05) is 12.2 Å². The zero-order valence-corrected chi connectivity index (χ0v) is 7.33. The molecule has 0 bridgehead atoms. The molecular weight excluding hydrogens is 148 g/mol. The van der Waals surface area contributed by atoms with Crippen LogP contribution in [0, 0.1) is 12.3 Å². The van der Waals surface area contributed by atoms with E-state index < -0.39 is 0 Å². The maximum absolute atomic E-state index is 5.30. The monoisotopic (exact) mass is 160 g/mol. The predicted octanol–water partition coefficient (Wildman–Crippen LogP) is 1.88. The Hall–Kier alpha value is -1.49. The Bertz CT molecular complexity index is 297. The van der Waals surface area contributed by atoms with Crippen LogP contribution in [0.4, 0.5) is 5.82 Å². The van der Waals surface area contributed by atoms with Crippen LogP contribution in [0.2, 0.25) is 0 Å². The van der Waals surface area contributed by atoms with Gasteiger partial charge < -0.3 is 5.32 Å². The first kappa shape index (κ1) is 8.61. The zero-order valence-electron chi connectivity index (χ0n) is 7.33. The molecule has 0 spiro atoms. The van der Waals surface area contributed by atoms with Gasteiger partial charge in [-0.1, -0.05) is 5.92 Å². The normalized spacial score (nSPS) is 9.50. The first-order valence-electron chi connectivity index (χ1n) is 3.92. The molecule has 0 amide bonds. The van der Waals surface area contributed by atoms with E-state index in [1.165, 1.54) is 0 Å². The van der Waals surface area contributed by atoms with Crippen molar-refractivity contribution in [3.63, 3.8) is 0 Å². The Morgan fingerprint density at radius 3 is 2.92 bits per heavy atom. The Morgan fingerprint density at radius 2 is 2.33 bits per heavy atom. The molecule has 1 aromatic heterocycles.